The topological polar surface area (TPSA) is 62.7 Å². The summed E-state index contributed by atoms with van der Waals surface area (Å²) >= 11 is 3.49. The lowest BCUT2D eigenvalue weighted by atomic mass is 9.91. The number of benzene rings is 1. The van der Waals surface area contributed by atoms with Crippen LogP contribution in [-0.4, -0.2) is 4.98 Å². The van der Waals surface area contributed by atoms with Gasteiger partial charge < -0.3 is 5.73 Å². The zero-order chi connectivity index (χ0) is 15.4. The third-order valence-corrected chi connectivity index (χ3v) is 3.97. The van der Waals surface area contributed by atoms with Crippen LogP contribution in [0.15, 0.2) is 28.7 Å². The molecule has 21 heavy (non-hydrogen) atoms. The van der Waals surface area contributed by atoms with E-state index in [-0.39, 0.29) is 0 Å². The summed E-state index contributed by atoms with van der Waals surface area (Å²) in [7, 11) is 0. The van der Waals surface area contributed by atoms with Crippen LogP contribution in [-0.2, 0) is 12.8 Å². The molecule has 0 fully saturated rings. The van der Waals surface area contributed by atoms with Crippen molar-refractivity contribution in [3.05, 3.63) is 45.6 Å². The van der Waals surface area contributed by atoms with E-state index in [2.05, 4.69) is 40.8 Å². The van der Waals surface area contributed by atoms with Gasteiger partial charge in [0.2, 0.25) is 0 Å². The summed E-state index contributed by atoms with van der Waals surface area (Å²) in [5.74, 6) is 0.327. The zero-order valence-electron chi connectivity index (χ0n) is 12.3. The highest BCUT2D eigenvalue weighted by molar-refractivity contribution is 9.10. The second-order valence-electron chi connectivity index (χ2n) is 4.90. The molecule has 3 nitrogen and oxygen atoms in total. The standard InChI is InChI=1S/C17H18BrN3/c1-3-6-15-13(4-2)16(14(10-19)17(20)21-15)11-7-5-8-12(18)9-11/h5,7-9H,3-4,6H2,1-2H3,(H2,20,21). The van der Waals surface area contributed by atoms with E-state index in [1.54, 1.807) is 0 Å². The predicted molar refractivity (Wildman–Crippen MR) is 89.9 cm³/mol. The highest BCUT2D eigenvalue weighted by Gasteiger charge is 2.18. The first-order valence-electron chi connectivity index (χ1n) is 7.09. The summed E-state index contributed by atoms with van der Waals surface area (Å²) < 4.78 is 0.985. The van der Waals surface area contributed by atoms with Gasteiger partial charge in [-0.15, -0.1) is 0 Å². The molecule has 0 spiro atoms. The first-order chi connectivity index (χ1) is 10.1. The number of aromatic nitrogens is 1. The molecule has 0 aliphatic heterocycles. The quantitative estimate of drug-likeness (QED) is 0.889. The van der Waals surface area contributed by atoms with E-state index in [0.29, 0.717) is 11.4 Å². The Kier molecular flexibility index (Phi) is 4.98. The highest BCUT2D eigenvalue weighted by atomic mass is 79.9. The molecule has 0 atom stereocenters. The number of rotatable bonds is 4. The molecule has 0 bridgehead atoms. The van der Waals surface area contributed by atoms with E-state index in [4.69, 9.17) is 5.73 Å². The van der Waals surface area contributed by atoms with Gasteiger partial charge in [-0.1, -0.05) is 48.3 Å². The van der Waals surface area contributed by atoms with Crippen molar-refractivity contribution in [1.82, 2.24) is 4.98 Å². The van der Waals surface area contributed by atoms with E-state index < -0.39 is 0 Å². The van der Waals surface area contributed by atoms with E-state index in [0.717, 1.165) is 46.1 Å². The fourth-order valence-corrected chi connectivity index (χ4v) is 2.99. The van der Waals surface area contributed by atoms with Gasteiger partial charge in [-0.3, -0.25) is 0 Å². The van der Waals surface area contributed by atoms with Crippen LogP contribution in [0.4, 0.5) is 5.82 Å². The zero-order valence-corrected chi connectivity index (χ0v) is 13.9. The van der Waals surface area contributed by atoms with Crippen LogP contribution in [0.5, 0.6) is 0 Å². The van der Waals surface area contributed by atoms with Gasteiger partial charge in [0.15, 0.2) is 0 Å². The van der Waals surface area contributed by atoms with Crippen molar-refractivity contribution in [2.75, 3.05) is 5.73 Å². The van der Waals surface area contributed by atoms with Crippen LogP contribution in [0.25, 0.3) is 11.1 Å². The van der Waals surface area contributed by atoms with Gasteiger partial charge in [-0.25, -0.2) is 4.98 Å². The van der Waals surface area contributed by atoms with E-state index in [1.807, 2.05) is 24.3 Å². The van der Waals surface area contributed by atoms with Gasteiger partial charge in [0.25, 0.3) is 0 Å². The maximum absolute atomic E-state index is 9.49. The molecular weight excluding hydrogens is 326 g/mol. The Morgan fingerprint density at radius 2 is 2.10 bits per heavy atom. The minimum atomic E-state index is 0.327. The van der Waals surface area contributed by atoms with E-state index >= 15 is 0 Å². The second kappa shape index (κ2) is 6.73. The second-order valence-corrected chi connectivity index (χ2v) is 5.81. The Hall–Kier alpha value is -1.86. The van der Waals surface area contributed by atoms with Gasteiger partial charge in [0.05, 0.1) is 0 Å². The number of pyridine rings is 1. The molecule has 0 saturated heterocycles. The Bertz CT molecular complexity index is 702. The summed E-state index contributed by atoms with van der Waals surface area (Å²) in [6.07, 6.45) is 2.71. The molecule has 0 unspecified atom stereocenters. The van der Waals surface area contributed by atoms with Crippen molar-refractivity contribution in [2.24, 2.45) is 0 Å². The van der Waals surface area contributed by atoms with Crippen LogP contribution >= 0.6 is 15.9 Å². The molecular formula is C17H18BrN3. The molecule has 1 aromatic heterocycles. The molecule has 1 heterocycles. The van der Waals surface area contributed by atoms with Crippen molar-refractivity contribution < 1.29 is 0 Å². The largest absolute Gasteiger partial charge is 0.383 e. The Labute approximate surface area is 133 Å². The maximum Gasteiger partial charge on any atom is 0.142 e. The highest BCUT2D eigenvalue weighted by Crippen LogP contribution is 2.34. The Balaban J connectivity index is 2.80. The number of halogens is 1. The van der Waals surface area contributed by atoms with Crippen LogP contribution in [0, 0.1) is 11.3 Å². The van der Waals surface area contributed by atoms with Crippen molar-refractivity contribution in [3.8, 4) is 17.2 Å². The number of hydrogen-bond acceptors (Lipinski definition) is 3. The normalized spacial score (nSPS) is 10.4. The Morgan fingerprint density at radius 3 is 2.67 bits per heavy atom. The molecule has 4 heteroatoms. The number of nitrogen functional groups attached to an aromatic ring is 1. The molecule has 2 rings (SSSR count). The van der Waals surface area contributed by atoms with Crippen LogP contribution in [0.1, 0.15) is 37.1 Å². The van der Waals surface area contributed by atoms with E-state index in [9.17, 15) is 5.26 Å². The number of aryl methyl sites for hydroxylation is 1. The molecule has 0 saturated carbocycles. The summed E-state index contributed by atoms with van der Waals surface area (Å²) in [4.78, 5) is 4.46. The monoisotopic (exact) mass is 343 g/mol. The maximum atomic E-state index is 9.49. The third-order valence-electron chi connectivity index (χ3n) is 3.48. The van der Waals surface area contributed by atoms with Crippen LogP contribution < -0.4 is 5.73 Å². The SMILES string of the molecule is CCCc1nc(N)c(C#N)c(-c2cccc(Br)c2)c1CC. The molecule has 0 radical (unpaired) electrons. The van der Waals surface area contributed by atoms with Gasteiger partial charge in [-0.2, -0.15) is 5.26 Å². The summed E-state index contributed by atoms with van der Waals surface area (Å²) in [6, 6.07) is 10.2. The lowest BCUT2D eigenvalue weighted by Gasteiger charge is -2.16. The fourth-order valence-electron chi connectivity index (χ4n) is 2.59. The molecule has 2 aromatic rings. The van der Waals surface area contributed by atoms with E-state index in [1.165, 1.54) is 0 Å². The predicted octanol–water partition coefficient (Wildman–Crippen LogP) is 4.48. The molecule has 0 amide bonds. The summed E-state index contributed by atoms with van der Waals surface area (Å²) in [6.45, 7) is 4.21. The fraction of sp³-hybridized carbons (Fsp3) is 0.294. The van der Waals surface area contributed by atoms with Gasteiger partial charge in [0, 0.05) is 15.7 Å². The number of nitrogens with two attached hydrogens (primary N) is 1. The minimum Gasteiger partial charge on any atom is -0.383 e. The number of nitrogens with zero attached hydrogens (tertiary/aromatic N) is 2. The lowest BCUT2D eigenvalue weighted by Crippen LogP contribution is -2.07. The average Bonchev–Trinajstić information content (AvgIpc) is 2.47. The van der Waals surface area contributed by atoms with Crippen molar-refractivity contribution in [2.45, 2.75) is 33.1 Å². The summed E-state index contributed by atoms with van der Waals surface area (Å²) in [5.41, 5.74) is 10.6. The van der Waals surface area contributed by atoms with Gasteiger partial charge in [-0.05, 0) is 36.1 Å². The van der Waals surface area contributed by atoms with Gasteiger partial charge in [0.1, 0.15) is 17.5 Å². The molecule has 2 N–H and O–H groups in total. The smallest absolute Gasteiger partial charge is 0.142 e. The lowest BCUT2D eigenvalue weighted by molar-refractivity contribution is 0.860. The van der Waals surface area contributed by atoms with Crippen LogP contribution in [0.2, 0.25) is 0 Å². The molecule has 0 aliphatic carbocycles. The summed E-state index contributed by atoms with van der Waals surface area (Å²) in [5, 5.41) is 9.49. The third kappa shape index (κ3) is 3.08. The van der Waals surface area contributed by atoms with Crippen molar-refractivity contribution in [3.63, 3.8) is 0 Å². The number of nitriles is 1. The number of hydrogen-bond donors (Lipinski definition) is 1. The molecule has 0 aliphatic rings. The minimum absolute atomic E-state index is 0.327. The first kappa shape index (κ1) is 15.5. The van der Waals surface area contributed by atoms with Gasteiger partial charge >= 0.3 is 0 Å². The molecule has 108 valence electrons. The number of anilines is 1. The van der Waals surface area contributed by atoms with Crippen molar-refractivity contribution in [1.29, 1.82) is 5.26 Å². The van der Waals surface area contributed by atoms with Crippen LogP contribution in [0.3, 0.4) is 0 Å². The molecule has 1 aromatic carbocycles. The average molecular weight is 344 g/mol. The van der Waals surface area contributed by atoms with Crippen molar-refractivity contribution >= 4 is 21.7 Å². The Morgan fingerprint density at radius 1 is 1.33 bits per heavy atom. The first-order valence-corrected chi connectivity index (χ1v) is 7.88.